The number of rotatable bonds is 3. The van der Waals surface area contributed by atoms with Gasteiger partial charge >= 0.3 is 5.97 Å². The Labute approximate surface area is 121 Å². The predicted molar refractivity (Wildman–Crippen MR) is 73.1 cm³/mol. The number of nitrogens with zero attached hydrogens (tertiary/aromatic N) is 1. The third kappa shape index (κ3) is 2.76. The Morgan fingerprint density at radius 1 is 1.42 bits per heavy atom. The van der Waals surface area contributed by atoms with E-state index in [0.717, 1.165) is 0 Å². The van der Waals surface area contributed by atoms with Gasteiger partial charge in [0, 0.05) is 0 Å². The van der Waals surface area contributed by atoms with Crippen molar-refractivity contribution < 1.29 is 18.7 Å². The van der Waals surface area contributed by atoms with E-state index in [0.29, 0.717) is 14.4 Å². The number of aromatic nitrogens is 1. The molecule has 2 aromatic rings. The van der Waals surface area contributed by atoms with Gasteiger partial charge in [-0.2, -0.15) is 0 Å². The Balaban J connectivity index is 2.52. The van der Waals surface area contributed by atoms with E-state index in [-0.39, 0.29) is 11.4 Å². The van der Waals surface area contributed by atoms with Crippen LogP contribution in [0, 0.1) is 5.82 Å². The van der Waals surface area contributed by atoms with Crippen LogP contribution in [0.2, 0.25) is 0 Å². The maximum Gasteiger partial charge on any atom is 0.358 e. The molecule has 0 fully saturated rings. The van der Waals surface area contributed by atoms with E-state index in [9.17, 15) is 9.18 Å². The number of halogens is 2. The summed E-state index contributed by atoms with van der Waals surface area (Å²) in [6.07, 6.45) is 0. The molecule has 0 saturated carbocycles. The van der Waals surface area contributed by atoms with E-state index in [1.165, 1.54) is 37.7 Å². The minimum absolute atomic E-state index is 0.145. The lowest BCUT2D eigenvalue weighted by Gasteiger charge is -2.04. The van der Waals surface area contributed by atoms with Crippen molar-refractivity contribution in [2.75, 3.05) is 14.2 Å². The second kappa shape index (κ2) is 5.66. The summed E-state index contributed by atoms with van der Waals surface area (Å²) in [6.45, 7) is 0. The maximum absolute atomic E-state index is 13.7. The summed E-state index contributed by atoms with van der Waals surface area (Å²) in [7, 11) is 2.66. The second-order valence-corrected chi connectivity index (χ2v) is 5.76. The van der Waals surface area contributed by atoms with E-state index in [2.05, 4.69) is 25.7 Å². The van der Waals surface area contributed by atoms with Gasteiger partial charge in [-0.3, -0.25) is 0 Å². The van der Waals surface area contributed by atoms with Gasteiger partial charge in [0.25, 0.3) is 0 Å². The number of hydrogen-bond donors (Lipinski definition) is 0. The maximum atomic E-state index is 13.7. The van der Waals surface area contributed by atoms with Crippen LogP contribution < -0.4 is 4.74 Å². The Kier molecular flexibility index (Phi) is 4.16. The number of esters is 1. The van der Waals surface area contributed by atoms with Crippen molar-refractivity contribution in [3.05, 3.63) is 33.6 Å². The molecular weight excluding hydrogens is 337 g/mol. The number of hydrogen-bond acceptors (Lipinski definition) is 5. The van der Waals surface area contributed by atoms with Crippen molar-refractivity contribution in [3.8, 4) is 16.2 Å². The number of thiazole rings is 1. The highest BCUT2D eigenvalue weighted by atomic mass is 79.9. The fourth-order valence-electron chi connectivity index (χ4n) is 1.53. The summed E-state index contributed by atoms with van der Waals surface area (Å²) in [6, 6.07) is 4.46. The zero-order chi connectivity index (χ0) is 14.0. The van der Waals surface area contributed by atoms with Crippen LogP contribution in [0.15, 0.2) is 22.1 Å². The Morgan fingerprint density at radius 3 is 2.74 bits per heavy atom. The second-order valence-electron chi connectivity index (χ2n) is 3.49. The number of carbonyl (C=O) groups is 1. The first kappa shape index (κ1) is 14.0. The van der Waals surface area contributed by atoms with Crippen LogP contribution in [0.25, 0.3) is 10.4 Å². The largest absolute Gasteiger partial charge is 0.494 e. The van der Waals surface area contributed by atoms with E-state index in [4.69, 9.17) is 4.74 Å². The molecule has 0 radical (unpaired) electrons. The molecule has 0 aliphatic heterocycles. The molecule has 1 heterocycles. The van der Waals surface area contributed by atoms with Crippen molar-refractivity contribution in [1.82, 2.24) is 4.98 Å². The van der Waals surface area contributed by atoms with Crippen molar-refractivity contribution >= 4 is 33.2 Å². The van der Waals surface area contributed by atoms with Crippen molar-refractivity contribution in [1.29, 1.82) is 0 Å². The molecule has 0 bridgehead atoms. The summed E-state index contributed by atoms with van der Waals surface area (Å²) < 4.78 is 23.7. The first-order chi connectivity index (χ1) is 9.06. The molecule has 0 spiro atoms. The molecule has 0 atom stereocenters. The van der Waals surface area contributed by atoms with Crippen LogP contribution in [0.1, 0.15) is 10.5 Å². The lowest BCUT2D eigenvalue weighted by molar-refractivity contribution is 0.0595. The first-order valence-corrected chi connectivity index (χ1v) is 6.76. The fraction of sp³-hybridized carbons (Fsp3) is 0.167. The van der Waals surface area contributed by atoms with Gasteiger partial charge in [-0.05, 0) is 39.7 Å². The van der Waals surface area contributed by atoms with E-state index in [1.807, 2.05) is 0 Å². The quantitative estimate of drug-likeness (QED) is 0.798. The number of ether oxygens (including phenoxy) is 2. The van der Waals surface area contributed by atoms with Crippen LogP contribution in [-0.4, -0.2) is 25.2 Å². The Hall–Kier alpha value is -1.47. The van der Waals surface area contributed by atoms with Crippen LogP contribution in [0.5, 0.6) is 5.75 Å². The van der Waals surface area contributed by atoms with Gasteiger partial charge in [0.15, 0.2) is 21.2 Å². The standard InChI is InChI=1S/C12H9BrFNO3S/c1-17-8-4-3-6(5-7(8)14)10-9(11(16)18-2)15-12(13)19-10/h3-5H,1-2H3. The zero-order valence-corrected chi connectivity index (χ0v) is 12.5. The van der Waals surface area contributed by atoms with E-state index < -0.39 is 11.8 Å². The smallest absolute Gasteiger partial charge is 0.358 e. The molecule has 4 nitrogen and oxygen atoms in total. The molecule has 1 aromatic heterocycles. The first-order valence-electron chi connectivity index (χ1n) is 5.15. The van der Waals surface area contributed by atoms with Crippen molar-refractivity contribution in [2.24, 2.45) is 0 Å². The van der Waals surface area contributed by atoms with Crippen LogP contribution >= 0.6 is 27.3 Å². The molecule has 1 aromatic carbocycles. The van der Waals surface area contributed by atoms with Gasteiger partial charge in [0.1, 0.15) is 0 Å². The fourth-order valence-corrected chi connectivity index (χ4v) is 2.97. The minimum atomic E-state index is -0.562. The van der Waals surface area contributed by atoms with Gasteiger partial charge in [0.05, 0.1) is 19.1 Å². The third-order valence-corrected chi connectivity index (χ3v) is 3.95. The molecule has 7 heteroatoms. The highest BCUT2D eigenvalue weighted by molar-refractivity contribution is 9.11. The number of benzene rings is 1. The van der Waals surface area contributed by atoms with Gasteiger partial charge in [-0.25, -0.2) is 14.2 Å². The lowest BCUT2D eigenvalue weighted by atomic mass is 10.1. The highest BCUT2D eigenvalue weighted by Gasteiger charge is 2.20. The lowest BCUT2D eigenvalue weighted by Crippen LogP contribution is -2.03. The van der Waals surface area contributed by atoms with Gasteiger partial charge in [-0.15, -0.1) is 11.3 Å². The molecule has 0 amide bonds. The summed E-state index contributed by atoms with van der Waals surface area (Å²) in [5, 5.41) is 0. The summed E-state index contributed by atoms with van der Waals surface area (Å²) >= 11 is 4.44. The zero-order valence-electron chi connectivity index (χ0n) is 10.1. The van der Waals surface area contributed by atoms with Crippen molar-refractivity contribution in [3.63, 3.8) is 0 Å². The van der Waals surface area contributed by atoms with Crippen LogP contribution in [0.3, 0.4) is 0 Å². The Morgan fingerprint density at radius 2 is 2.16 bits per heavy atom. The normalized spacial score (nSPS) is 10.3. The molecule has 2 rings (SSSR count). The molecule has 0 saturated heterocycles. The number of carbonyl (C=O) groups excluding carboxylic acids is 1. The summed E-state index contributed by atoms with van der Waals surface area (Å²) in [5.41, 5.74) is 0.700. The Bertz CT molecular complexity index is 629. The summed E-state index contributed by atoms with van der Waals surface area (Å²) in [5.74, 6) is -0.916. The molecule has 0 aliphatic carbocycles. The van der Waals surface area contributed by atoms with Crippen molar-refractivity contribution in [2.45, 2.75) is 0 Å². The van der Waals surface area contributed by atoms with Crippen LogP contribution in [-0.2, 0) is 4.74 Å². The summed E-state index contributed by atoms with van der Waals surface area (Å²) in [4.78, 5) is 16.2. The monoisotopic (exact) mass is 345 g/mol. The van der Waals surface area contributed by atoms with Crippen LogP contribution in [0.4, 0.5) is 4.39 Å². The average Bonchev–Trinajstić information content (AvgIpc) is 2.79. The van der Waals surface area contributed by atoms with Gasteiger partial charge in [-0.1, -0.05) is 0 Å². The molecule has 0 unspecified atom stereocenters. The predicted octanol–water partition coefficient (Wildman–Crippen LogP) is 3.51. The van der Waals surface area contributed by atoms with E-state index >= 15 is 0 Å². The highest BCUT2D eigenvalue weighted by Crippen LogP contribution is 2.35. The molecule has 100 valence electrons. The van der Waals surface area contributed by atoms with Gasteiger partial charge < -0.3 is 9.47 Å². The third-order valence-electron chi connectivity index (χ3n) is 2.39. The van der Waals surface area contributed by atoms with Gasteiger partial charge in [0.2, 0.25) is 0 Å². The minimum Gasteiger partial charge on any atom is -0.494 e. The molecule has 0 aliphatic rings. The van der Waals surface area contributed by atoms with E-state index in [1.54, 1.807) is 6.07 Å². The topological polar surface area (TPSA) is 48.4 Å². The average molecular weight is 346 g/mol. The molecular formula is C12H9BrFNO3S. The SMILES string of the molecule is COC(=O)c1nc(Br)sc1-c1ccc(OC)c(F)c1. The molecule has 19 heavy (non-hydrogen) atoms. The number of methoxy groups -OCH3 is 2. The molecule has 0 N–H and O–H groups in total.